The van der Waals surface area contributed by atoms with E-state index in [1.807, 2.05) is 0 Å². The third-order valence-corrected chi connectivity index (χ3v) is 0.740. The molecule has 0 aliphatic rings. The fourth-order valence-electron chi connectivity index (χ4n) is 0.413. The average Bonchev–Trinajstić information content (AvgIpc) is 2.14. The topological polar surface area (TPSA) is 4.93 Å². The van der Waals surface area contributed by atoms with Gasteiger partial charge in [0, 0.05) is 6.80 Å². The average molecular weight is 98.1 g/mol. The van der Waals surface area contributed by atoms with Crippen LogP contribution >= 0.6 is 0 Å². The van der Waals surface area contributed by atoms with Crippen LogP contribution in [0.2, 0.25) is 0 Å². The van der Waals surface area contributed by atoms with Crippen LogP contribution in [0.15, 0.2) is 24.5 Å². The van der Waals surface area contributed by atoms with Crippen molar-refractivity contribution in [3.63, 3.8) is 0 Å². The lowest BCUT2D eigenvalue weighted by Crippen LogP contribution is -1.80. The van der Waals surface area contributed by atoms with Crippen molar-refractivity contribution in [3.05, 3.63) is 31.3 Å². The normalized spacial score (nSPS) is 8.71. The Morgan fingerprint density at radius 2 is 1.86 bits per heavy atom. The first kappa shape index (κ1) is 4.24. The minimum Gasteiger partial charge on any atom is -0.465 e. The van der Waals surface area contributed by atoms with Gasteiger partial charge in [0.05, 0.1) is 0 Å². The van der Waals surface area contributed by atoms with Crippen LogP contribution in [-0.2, 0) is 0 Å². The highest BCUT2D eigenvalue weighted by Gasteiger charge is 1.67. The molecule has 0 unspecified atom stereocenters. The van der Waals surface area contributed by atoms with Gasteiger partial charge in [-0.3, -0.25) is 4.39 Å². The van der Waals surface area contributed by atoms with Crippen molar-refractivity contribution in [1.29, 1.82) is 0 Å². The molecule has 38 valence electrons. The molecule has 0 atom stereocenters. The van der Waals surface area contributed by atoms with E-state index in [0.717, 1.165) is 0 Å². The van der Waals surface area contributed by atoms with Gasteiger partial charge in [-0.1, -0.05) is 12.4 Å². The molecular weight excluding hydrogens is 93.1 g/mol. The SMILES string of the molecule is F[CH-]n1cccc1. The molecule has 0 amide bonds. The number of nitrogens with zero attached hydrogens (tertiary/aromatic N) is 1. The molecule has 0 saturated heterocycles. The van der Waals surface area contributed by atoms with E-state index in [2.05, 4.69) is 0 Å². The standard InChI is InChI=1S/C5H5FN/c6-5-7-3-1-2-4-7/h1-5H/q-1. The zero-order valence-corrected chi connectivity index (χ0v) is 3.71. The highest BCUT2D eigenvalue weighted by Crippen LogP contribution is 1.89. The second-order valence-electron chi connectivity index (χ2n) is 1.23. The Morgan fingerprint density at radius 1 is 1.29 bits per heavy atom. The molecule has 1 nitrogen and oxygen atoms in total. The summed E-state index contributed by atoms with van der Waals surface area (Å²) >= 11 is 0. The fourth-order valence-corrected chi connectivity index (χ4v) is 0.413. The highest BCUT2D eigenvalue weighted by molar-refractivity contribution is 4.91. The summed E-state index contributed by atoms with van der Waals surface area (Å²) in [4.78, 5) is 0. The Morgan fingerprint density at radius 3 is 2.14 bits per heavy atom. The van der Waals surface area contributed by atoms with Crippen LogP contribution in [0.1, 0.15) is 0 Å². The van der Waals surface area contributed by atoms with Gasteiger partial charge in [-0.15, -0.1) is 12.1 Å². The van der Waals surface area contributed by atoms with Gasteiger partial charge in [0.2, 0.25) is 0 Å². The van der Waals surface area contributed by atoms with Gasteiger partial charge in [-0.25, -0.2) is 0 Å². The molecule has 0 aliphatic carbocycles. The maximum Gasteiger partial charge on any atom is 0.0478 e. The maximum absolute atomic E-state index is 11.4. The van der Waals surface area contributed by atoms with Crippen molar-refractivity contribution in [3.8, 4) is 0 Å². The summed E-state index contributed by atoms with van der Waals surface area (Å²) in [6, 6.07) is 3.52. The van der Waals surface area contributed by atoms with Crippen molar-refractivity contribution in [2.75, 3.05) is 0 Å². The number of halogens is 1. The van der Waals surface area contributed by atoms with Crippen molar-refractivity contribution < 1.29 is 4.39 Å². The molecule has 1 aromatic rings. The van der Waals surface area contributed by atoms with Crippen LogP contribution in [0.3, 0.4) is 0 Å². The first-order valence-electron chi connectivity index (χ1n) is 1.99. The quantitative estimate of drug-likeness (QED) is 0.468. The molecule has 7 heavy (non-hydrogen) atoms. The summed E-state index contributed by atoms with van der Waals surface area (Å²) < 4.78 is 12.7. The van der Waals surface area contributed by atoms with Crippen LogP contribution in [-0.4, -0.2) is 4.57 Å². The number of hydrogen-bond donors (Lipinski definition) is 0. The largest absolute Gasteiger partial charge is 0.465 e. The molecule has 0 spiro atoms. The van der Waals surface area contributed by atoms with Crippen molar-refractivity contribution in [2.24, 2.45) is 0 Å². The van der Waals surface area contributed by atoms with E-state index < -0.39 is 0 Å². The Balaban J connectivity index is 2.76. The molecule has 0 saturated carbocycles. The smallest absolute Gasteiger partial charge is 0.0478 e. The van der Waals surface area contributed by atoms with Crippen LogP contribution in [0, 0.1) is 6.80 Å². The first-order chi connectivity index (χ1) is 3.43. The summed E-state index contributed by atoms with van der Waals surface area (Å²) in [7, 11) is 0. The van der Waals surface area contributed by atoms with E-state index in [9.17, 15) is 4.39 Å². The van der Waals surface area contributed by atoms with Crippen molar-refractivity contribution >= 4 is 0 Å². The summed E-state index contributed by atoms with van der Waals surface area (Å²) in [6.07, 6.45) is 3.25. The van der Waals surface area contributed by atoms with Crippen LogP contribution in [0.4, 0.5) is 4.39 Å². The van der Waals surface area contributed by atoms with E-state index in [4.69, 9.17) is 0 Å². The second kappa shape index (κ2) is 1.69. The Bertz CT molecular complexity index is 123. The van der Waals surface area contributed by atoms with Gasteiger partial charge >= 0.3 is 0 Å². The molecule has 0 radical (unpaired) electrons. The second-order valence-corrected chi connectivity index (χ2v) is 1.23. The summed E-state index contributed by atoms with van der Waals surface area (Å²) in [5.74, 6) is 0. The lowest BCUT2D eigenvalue weighted by atomic mass is 10.7. The van der Waals surface area contributed by atoms with Crippen LogP contribution in [0.5, 0.6) is 0 Å². The zero-order valence-electron chi connectivity index (χ0n) is 3.71. The minimum atomic E-state index is 0.500. The molecule has 0 fully saturated rings. The minimum absolute atomic E-state index is 0.500. The van der Waals surface area contributed by atoms with Crippen molar-refractivity contribution in [1.82, 2.24) is 4.57 Å². The van der Waals surface area contributed by atoms with E-state index in [1.54, 1.807) is 24.5 Å². The number of rotatable bonds is 1. The lowest BCUT2D eigenvalue weighted by molar-refractivity contribution is 0.555. The third kappa shape index (κ3) is 0.738. The van der Waals surface area contributed by atoms with Crippen molar-refractivity contribution in [2.45, 2.75) is 0 Å². The van der Waals surface area contributed by atoms with E-state index >= 15 is 0 Å². The Kier molecular flexibility index (Phi) is 1.02. The summed E-state index contributed by atoms with van der Waals surface area (Å²) in [5, 5.41) is 0. The Labute approximate surface area is 41.4 Å². The predicted octanol–water partition coefficient (Wildman–Crippen LogP) is 1.42. The van der Waals surface area contributed by atoms with E-state index in [-0.39, 0.29) is 0 Å². The molecular formula is C5H5FN-. The van der Waals surface area contributed by atoms with Crippen LogP contribution < -0.4 is 0 Å². The number of aromatic nitrogens is 1. The van der Waals surface area contributed by atoms with Gasteiger partial charge in [-0.2, -0.15) is 0 Å². The Hall–Kier alpha value is -0.920. The first-order valence-corrected chi connectivity index (χ1v) is 1.99. The fraction of sp³-hybridized carbons (Fsp3) is 0. The zero-order chi connectivity index (χ0) is 5.11. The predicted molar refractivity (Wildman–Crippen MR) is 25.2 cm³/mol. The molecule has 0 aromatic carbocycles. The van der Waals surface area contributed by atoms with E-state index in [0.29, 0.717) is 6.80 Å². The molecule has 0 aliphatic heterocycles. The molecule has 0 N–H and O–H groups in total. The molecule has 2 heteroatoms. The number of hydrogen-bond acceptors (Lipinski definition) is 0. The van der Waals surface area contributed by atoms with Crippen LogP contribution in [0.25, 0.3) is 0 Å². The highest BCUT2D eigenvalue weighted by atomic mass is 19.1. The molecule has 1 heterocycles. The maximum atomic E-state index is 11.4. The lowest BCUT2D eigenvalue weighted by Gasteiger charge is -1.98. The molecule has 1 rings (SSSR count). The van der Waals surface area contributed by atoms with Gasteiger partial charge in [0.15, 0.2) is 0 Å². The summed E-state index contributed by atoms with van der Waals surface area (Å²) in [6.45, 7) is 0.500. The van der Waals surface area contributed by atoms with Gasteiger partial charge in [0.25, 0.3) is 0 Å². The molecule has 1 aromatic heterocycles. The van der Waals surface area contributed by atoms with Gasteiger partial charge < -0.3 is 4.57 Å². The van der Waals surface area contributed by atoms with Gasteiger partial charge in [-0.05, 0) is 0 Å². The summed E-state index contributed by atoms with van der Waals surface area (Å²) in [5.41, 5.74) is 0. The molecule has 0 bridgehead atoms. The van der Waals surface area contributed by atoms with E-state index in [1.165, 1.54) is 4.57 Å². The monoisotopic (exact) mass is 98.0 g/mol. The van der Waals surface area contributed by atoms with Gasteiger partial charge in [0.1, 0.15) is 0 Å². The third-order valence-electron chi connectivity index (χ3n) is 0.740.